The molecule has 11 heteroatoms. The van der Waals surface area contributed by atoms with Crippen molar-refractivity contribution in [2.24, 2.45) is 23.2 Å². The molecule has 6 atom stereocenters. The Labute approximate surface area is 255 Å². The van der Waals surface area contributed by atoms with Gasteiger partial charge >= 0.3 is 12.4 Å². The van der Waals surface area contributed by atoms with Crippen LogP contribution in [0.4, 0.5) is 26.3 Å². The molecule has 0 aliphatic heterocycles. The average molecular weight is 643 g/mol. The Morgan fingerprint density at radius 1 is 0.977 bits per heavy atom. The summed E-state index contributed by atoms with van der Waals surface area (Å²) in [5, 5.41) is 39.8. The van der Waals surface area contributed by atoms with Crippen molar-refractivity contribution < 1.29 is 46.8 Å². The highest BCUT2D eigenvalue weighted by atomic mass is 32.2. The molecule has 4 nitrogen and oxygen atoms in total. The van der Waals surface area contributed by atoms with Gasteiger partial charge in [0, 0.05) is 11.5 Å². The summed E-state index contributed by atoms with van der Waals surface area (Å²) in [5.74, 6) is 1.33. The van der Waals surface area contributed by atoms with Crippen LogP contribution in [0.5, 0.6) is 0 Å². The van der Waals surface area contributed by atoms with E-state index in [1.807, 2.05) is 6.08 Å². The zero-order chi connectivity index (χ0) is 32.3. The normalized spacial score (nSPS) is 31.1. The summed E-state index contributed by atoms with van der Waals surface area (Å²) in [6.07, 6.45) is 0.297. The predicted octanol–water partition coefficient (Wildman–Crippen LogP) is 7.66. The lowest BCUT2D eigenvalue weighted by Crippen LogP contribution is -2.55. The number of hydrogen-bond acceptors (Lipinski definition) is 5. The minimum Gasteiger partial charge on any atom is -0.393 e. The van der Waals surface area contributed by atoms with Gasteiger partial charge in [-0.3, -0.25) is 0 Å². The lowest BCUT2D eigenvalue weighted by molar-refractivity contribution is -0.347. The summed E-state index contributed by atoms with van der Waals surface area (Å²) in [4.78, 5) is 0. The fourth-order valence-electron chi connectivity index (χ4n) is 7.69. The second-order valence-corrected chi connectivity index (χ2v) is 14.7. The third-order valence-corrected chi connectivity index (χ3v) is 10.9. The van der Waals surface area contributed by atoms with Gasteiger partial charge in [-0.1, -0.05) is 49.1 Å². The Kier molecular flexibility index (Phi) is 12.0. The third kappa shape index (κ3) is 9.05. The van der Waals surface area contributed by atoms with Gasteiger partial charge in [0.2, 0.25) is 0 Å². The van der Waals surface area contributed by atoms with Gasteiger partial charge in [0.1, 0.15) is 0 Å². The lowest BCUT2D eigenvalue weighted by atomic mass is 9.60. The summed E-state index contributed by atoms with van der Waals surface area (Å²) in [6.45, 7) is 5.77. The first-order chi connectivity index (χ1) is 19.8. The van der Waals surface area contributed by atoms with Gasteiger partial charge in [0.05, 0.1) is 17.8 Å². The number of thioether (sulfide) groups is 1. The van der Waals surface area contributed by atoms with Gasteiger partial charge in [-0.15, -0.1) is 0 Å². The number of alkyl halides is 6. The highest BCUT2D eigenvalue weighted by molar-refractivity contribution is 7.99. The van der Waals surface area contributed by atoms with Gasteiger partial charge in [0.25, 0.3) is 5.60 Å². The minimum atomic E-state index is -5.88. The Morgan fingerprint density at radius 2 is 1.60 bits per heavy atom. The van der Waals surface area contributed by atoms with Crippen LogP contribution >= 0.6 is 11.8 Å². The van der Waals surface area contributed by atoms with Gasteiger partial charge < -0.3 is 20.4 Å². The topological polar surface area (TPSA) is 80.9 Å². The molecule has 0 spiro atoms. The van der Waals surface area contributed by atoms with Crippen LogP contribution in [0.1, 0.15) is 91.4 Å². The molecule has 3 fully saturated rings. The molecule has 3 aliphatic rings. The molecule has 3 saturated carbocycles. The highest BCUT2D eigenvalue weighted by Gasteiger charge is 2.69. The number of allylic oxidation sites excluding steroid dienone is 3. The van der Waals surface area contributed by atoms with E-state index in [1.54, 1.807) is 13.8 Å². The third-order valence-electron chi connectivity index (χ3n) is 9.77. The van der Waals surface area contributed by atoms with Crippen LogP contribution in [0.15, 0.2) is 35.5 Å². The molecule has 0 heterocycles. The van der Waals surface area contributed by atoms with Crippen molar-refractivity contribution in [1.29, 1.82) is 0 Å². The maximum atomic E-state index is 13.1. The summed E-state index contributed by atoms with van der Waals surface area (Å²) >= 11 is 1.31. The second kappa shape index (κ2) is 14.2. The molecule has 0 bridgehead atoms. The maximum absolute atomic E-state index is 13.1. The number of aliphatic hydroxyl groups is 4. The van der Waals surface area contributed by atoms with Gasteiger partial charge in [-0.05, 0) is 101 Å². The summed E-state index contributed by atoms with van der Waals surface area (Å²) in [5.41, 5.74) is -3.56. The number of rotatable bonds is 11. The molecular weight excluding hydrogens is 594 g/mol. The molecule has 4 N–H and O–H groups in total. The predicted molar refractivity (Wildman–Crippen MR) is 157 cm³/mol. The Hall–Kier alpha value is -1.01. The second-order valence-electron chi connectivity index (χ2n) is 13.7. The first kappa shape index (κ1) is 36.5. The van der Waals surface area contributed by atoms with Crippen molar-refractivity contribution in [3.63, 3.8) is 0 Å². The molecule has 0 radical (unpaired) electrons. The van der Waals surface area contributed by atoms with Gasteiger partial charge in [-0.2, -0.15) is 38.1 Å². The zero-order valence-corrected chi connectivity index (χ0v) is 26.2. The molecule has 3 aliphatic carbocycles. The van der Waals surface area contributed by atoms with Gasteiger partial charge in [-0.25, -0.2) is 0 Å². The molecule has 1 unspecified atom stereocenters. The summed E-state index contributed by atoms with van der Waals surface area (Å²) < 4.78 is 78.6. The molecule has 0 aromatic heterocycles. The van der Waals surface area contributed by atoms with Crippen LogP contribution in [-0.4, -0.2) is 67.7 Å². The van der Waals surface area contributed by atoms with Gasteiger partial charge in [0.15, 0.2) is 0 Å². The number of aliphatic hydroxyl groups excluding tert-OH is 2. The standard InChI is InChI=1S/C32H48F6O4S/c1-21(7-4-13-28(2,3)41)26-11-12-27-23(10-9-22-17-24(39)19-25(40)18-22)8-5-14-29(26,27)20-43-16-6-15-30(42,31(33,34)35)32(36,37)38/h6,9-10,15,21,24-27,39-42H,4-5,7-8,11-14,16-20H2,1-3H3/b15-6-,23-10+/t21-,24+,25+,26+,27?,29-/m0/s1. The molecule has 3 rings (SSSR count). The van der Waals surface area contributed by atoms with Crippen LogP contribution in [0.2, 0.25) is 0 Å². The Balaban J connectivity index is 1.82. The van der Waals surface area contributed by atoms with Crippen LogP contribution in [0.3, 0.4) is 0 Å². The smallest absolute Gasteiger partial charge is 0.393 e. The average Bonchev–Trinajstić information content (AvgIpc) is 3.24. The molecule has 248 valence electrons. The highest BCUT2D eigenvalue weighted by Crippen LogP contribution is 2.61. The fourth-order valence-corrected chi connectivity index (χ4v) is 8.98. The first-order valence-electron chi connectivity index (χ1n) is 15.4. The fraction of sp³-hybridized carbons (Fsp3) is 0.812. The maximum Gasteiger partial charge on any atom is 0.429 e. The molecule has 0 saturated heterocycles. The van der Waals surface area contributed by atoms with E-state index in [9.17, 15) is 46.8 Å². The van der Waals surface area contributed by atoms with Crippen molar-refractivity contribution in [3.05, 3.63) is 35.5 Å². The minimum absolute atomic E-state index is 0.0956. The molecule has 43 heavy (non-hydrogen) atoms. The molecule has 0 aromatic carbocycles. The van der Waals surface area contributed by atoms with E-state index in [4.69, 9.17) is 0 Å². The SMILES string of the molecule is C[C@@H](CCCC(C)(C)O)[C@H]1CCC2/C(=C/C=C3C[C@@H](O)C[C@H](O)C3)CCC[C@@]21CSC/C=C\C(O)(C(F)(F)F)C(F)(F)F. The van der Waals surface area contributed by atoms with Crippen LogP contribution < -0.4 is 0 Å². The van der Waals surface area contributed by atoms with E-state index in [0.29, 0.717) is 43.3 Å². The first-order valence-corrected chi connectivity index (χ1v) is 16.5. The van der Waals surface area contributed by atoms with Crippen molar-refractivity contribution in [2.45, 2.75) is 127 Å². The van der Waals surface area contributed by atoms with E-state index in [-0.39, 0.29) is 23.2 Å². The van der Waals surface area contributed by atoms with Crippen LogP contribution in [0.25, 0.3) is 0 Å². The van der Waals surface area contributed by atoms with Crippen LogP contribution in [-0.2, 0) is 0 Å². The number of fused-ring (bicyclic) bond motifs is 1. The summed E-state index contributed by atoms with van der Waals surface area (Å²) in [7, 11) is 0. The number of hydrogen-bond donors (Lipinski definition) is 4. The number of halogens is 6. The van der Waals surface area contributed by atoms with E-state index >= 15 is 0 Å². The van der Waals surface area contributed by atoms with E-state index in [1.165, 1.54) is 17.3 Å². The Morgan fingerprint density at radius 3 is 2.19 bits per heavy atom. The van der Waals surface area contributed by atoms with E-state index < -0.39 is 35.8 Å². The molecular formula is C32H48F6O4S. The Bertz CT molecular complexity index is 989. The monoisotopic (exact) mass is 642 g/mol. The quantitative estimate of drug-likeness (QED) is 0.106. The largest absolute Gasteiger partial charge is 0.429 e. The molecule has 0 amide bonds. The van der Waals surface area contributed by atoms with E-state index in [0.717, 1.165) is 56.6 Å². The van der Waals surface area contributed by atoms with Crippen molar-refractivity contribution in [3.8, 4) is 0 Å². The van der Waals surface area contributed by atoms with Crippen LogP contribution in [0, 0.1) is 23.2 Å². The summed E-state index contributed by atoms with van der Waals surface area (Å²) in [6, 6.07) is 0. The van der Waals surface area contributed by atoms with Crippen molar-refractivity contribution in [1.82, 2.24) is 0 Å². The van der Waals surface area contributed by atoms with Crippen molar-refractivity contribution in [2.75, 3.05) is 11.5 Å². The molecule has 0 aromatic rings. The lowest BCUT2D eigenvalue weighted by Gasteiger charge is -2.47. The zero-order valence-electron chi connectivity index (χ0n) is 25.4. The van der Waals surface area contributed by atoms with Crippen molar-refractivity contribution >= 4 is 11.8 Å². The van der Waals surface area contributed by atoms with E-state index in [2.05, 4.69) is 13.0 Å².